The Bertz CT molecular complexity index is 942. The van der Waals surface area contributed by atoms with Crippen LogP contribution in [0.3, 0.4) is 0 Å². The fraction of sp³-hybridized carbons (Fsp3) is 0.167. The van der Waals surface area contributed by atoms with Gasteiger partial charge in [0, 0.05) is 21.5 Å². The van der Waals surface area contributed by atoms with Gasteiger partial charge in [-0.3, -0.25) is 0 Å². The van der Waals surface area contributed by atoms with E-state index in [1.807, 2.05) is 36.7 Å². The van der Waals surface area contributed by atoms with E-state index in [9.17, 15) is 5.11 Å². The van der Waals surface area contributed by atoms with E-state index >= 15 is 0 Å². The number of nitrogens with zero attached hydrogens (tertiary/aromatic N) is 1. The molecule has 122 valence electrons. The van der Waals surface area contributed by atoms with Gasteiger partial charge in [0.1, 0.15) is 0 Å². The molecule has 6 heteroatoms. The second-order valence-corrected chi connectivity index (χ2v) is 6.42. The Morgan fingerprint density at radius 1 is 1.17 bits per heavy atom. The smallest absolute Gasteiger partial charge is 0.231 e. The molecule has 0 saturated heterocycles. The fourth-order valence-electron chi connectivity index (χ4n) is 2.79. The highest BCUT2D eigenvalue weighted by molar-refractivity contribution is 9.10. The van der Waals surface area contributed by atoms with Crippen LogP contribution in [0.25, 0.3) is 10.8 Å². The molecule has 1 aliphatic rings. The van der Waals surface area contributed by atoms with E-state index in [1.165, 1.54) is 0 Å². The number of hydrogen-bond acceptors (Lipinski definition) is 4. The van der Waals surface area contributed by atoms with Crippen molar-refractivity contribution in [3.05, 3.63) is 52.8 Å². The number of phenols is 1. The molecule has 4 rings (SSSR count). The summed E-state index contributed by atoms with van der Waals surface area (Å²) in [6.45, 7) is 0.938. The second kappa shape index (κ2) is 5.87. The third-order valence-corrected chi connectivity index (χ3v) is 4.77. The summed E-state index contributed by atoms with van der Waals surface area (Å²) in [5.41, 5.74) is 1.09. The van der Waals surface area contributed by atoms with Crippen LogP contribution in [-0.4, -0.2) is 19.0 Å². The molecule has 0 amide bonds. The van der Waals surface area contributed by atoms with Gasteiger partial charge >= 0.3 is 0 Å². The molecular weight excluding hydrogens is 374 g/mol. The molecule has 0 aliphatic carbocycles. The Morgan fingerprint density at radius 3 is 2.75 bits per heavy atom. The third kappa shape index (κ3) is 2.63. The molecule has 0 unspecified atom stereocenters. The van der Waals surface area contributed by atoms with Gasteiger partial charge < -0.3 is 19.3 Å². The first-order valence-electron chi connectivity index (χ1n) is 7.42. The van der Waals surface area contributed by atoms with Crippen molar-refractivity contribution < 1.29 is 23.9 Å². The lowest BCUT2D eigenvalue weighted by molar-refractivity contribution is -0.687. The minimum Gasteiger partial charge on any atom is -0.504 e. The lowest BCUT2D eigenvalue weighted by Gasteiger charge is -2.06. The van der Waals surface area contributed by atoms with Gasteiger partial charge in [0.2, 0.25) is 6.79 Å². The van der Waals surface area contributed by atoms with Gasteiger partial charge in [-0.05, 0) is 29.7 Å². The van der Waals surface area contributed by atoms with Crippen molar-refractivity contribution >= 4 is 26.7 Å². The highest BCUT2D eigenvalue weighted by Crippen LogP contribution is 2.37. The molecule has 0 spiro atoms. The van der Waals surface area contributed by atoms with Crippen LogP contribution in [0.15, 0.2) is 47.2 Å². The number of aromatic nitrogens is 1. The van der Waals surface area contributed by atoms with Gasteiger partial charge in [-0.25, -0.2) is 4.57 Å². The van der Waals surface area contributed by atoms with E-state index in [2.05, 4.69) is 20.5 Å². The van der Waals surface area contributed by atoms with Gasteiger partial charge in [0.05, 0.1) is 7.11 Å². The van der Waals surface area contributed by atoms with Gasteiger partial charge in [0.25, 0.3) is 0 Å². The standard InChI is InChI=1S/C18H14BrNO4/c1-22-16-5-12-8-20(3-2-11(12)4-15(16)21)9-13-6-17-18(7-14(13)19)24-10-23-17/h2-8H,9-10H2,1H3/p+1. The molecule has 0 saturated carbocycles. The first-order valence-corrected chi connectivity index (χ1v) is 8.21. The van der Waals surface area contributed by atoms with Gasteiger partial charge in [0.15, 0.2) is 41.9 Å². The largest absolute Gasteiger partial charge is 0.504 e. The molecule has 24 heavy (non-hydrogen) atoms. The van der Waals surface area contributed by atoms with E-state index in [4.69, 9.17) is 14.2 Å². The Morgan fingerprint density at radius 2 is 1.96 bits per heavy atom. The average Bonchev–Trinajstić information content (AvgIpc) is 3.02. The molecule has 3 aromatic rings. The molecular formula is C18H15BrNO4+. The number of rotatable bonds is 3. The Balaban J connectivity index is 1.71. The number of hydrogen-bond donors (Lipinski definition) is 1. The van der Waals surface area contributed by atoms with Crippen LogP contribution in [0.2, 0.25) is 0 Å². The van der Waals surface area contributed by atoms with Crippen LogP contribution in [0, 0.1) is 0 Å². The number of phenolic OH excluding ortho intramolecular Hbond substituents is 1. The third-order valence-electron chi connectivity index (χ3n) is 4.03. The summed E-state index contributed by atoms with van der Waals surface area (Å²) in [7, 11) is 1.54. The summed E-state index contributed by atoms with van der Waals surface area (Å²) < 4.78 is 19.1. The Hall–Kier alpha value is -2.47. The van der Waals surface area contributed by atoms with Crippen molar-refractivity contribution in [1.29, 1.82) is 0 Å². The van der Waals surface area contributed by atoms with Crippen LogP contribution in [0.5, 0.6) is 23.0 Å². The fourth-order valence-corrected chi connectivity index (χ4v) is 3.24. The summed E-state index contributed by atoms with van der Waals surface area (Å²) in [6, 6.07) is 9.42. The van der Waals surface area contributed by atoms with Crippen LogP contribution >= 0.6 is 15.9 Å². The topological polar surface area (TPSA) is 51.8 Å². The Kier molecular flexibility index (Phi) is 3.69. The predicted octanol–water partition coefficient (Wildman–Crippen LogP) is 3.38. The van der Waals surface area contributed by atoms with E-state index in [1.54, 1.807) is 13.2 Å². The lowest BCUT2D eigenvalue weighted by Crippen LogP contribution is -2.33. The number of fused-ring (bicyclic) bond motifs is 2. The maximum atomic E-state index is 9.88. The van der Waals surface area contributed by atoms with E-state index in [0.29, 0.717) is 12.3 Å². The minimum atomic E-state index is 0.140. The van der Waals surface area contributed by atoms with Crippen LogP contribution in [-0.2, 0) is 6.54 Å². The molecule has 0 radical (unpaired) electrons. The minimum absolute atomic E-state index is 0.140. The van der Waals surface area contributed by atoms with Crippen molar-refractivity contribution in [2.24, 2.45) is 0 Å². The van der Waals surface area contributed by atoms with Crippen molar-refractivity contribution in [2.75, 3.05) is 13.9 Å². The highest BCUT2D eigenvalue weighted by atomic mass is 79.9. The average molecular weight is 389 g/mol. The lowest BCUT2D eigenvalue weighted by atomic mass is 10.1. The van der Waals surface area contributed by atoms with E-state index in [0.717, 1.165) is 32.3 Å². The number of methoxy groups -OCH3 is 1. The molecule has 2 aromatic carbocycles. The van der Waals surface area contributed by atoms with Crippen LogP contribution in [0.4, 0.5) is 0 Å². The monoisotopic (exact) mass is 388 g/mol. The zero-order chi connectivity index (χ0) is 16.7. The van der Waals surface area contributed by atoms with E-state index in [-0.39, 0.29) is 12.5 Å². The van der Waals surface area contributed by atoms with Gasteiger partial charge in [-0.1, -0.05) is 15.9 Å². The number of halogens is 1. The zero-order valence-corrected chi connectivity index (χ0v) is 14.5. The van der Waals surface area contributed by atoms with Crippen molar-refractivity contribution in [1.82, 2.24) is 0 Å². The summed E-state index contributed by atoms with van der Waals surface area (Å²) >= 11 is 3.59. The quantitative estimate of drug-likeness (QED) is 0.698. The van der Waals surface area contributed by atoms with Gasteiger partial charge in [-0.15, -0.1) is 0 Å². The first kappa shape index (κ1) is 15.1. The summed E-state index contributed by atoms with van der Waals surface area (Å²) in [6.07, 6.45) is 4.00. The van der Waals surface area contributed by atoms with Gasteiger partial charge in [-0.2, -0.15) is 0 Å². The van der Waals surface area contributed by atoms with Crippen LogP contribution < -0.4 is 18.8 Å². The first-order chi connectivity index (χ1) is 11.6. The Labute approximate surface area is 147 Å². The molecule has 2 heterocycles. The van der Waals surface area contributed by atoms with Crippen molar-refractivity contribution in [3.8, 4) is 23.0 Å². The predicted molar refractivity (Wildman–Crippen MR) is 91.7 cm³/mol. The zero-order valence-electron chi connectivity index (χ0n) is 13.0. The molecule has 1 N–H and O–H groups in total. The normalized spacial score (nSPS) is 12.6. The molecule has 0 fully saturated rings. The molecule has 1 aliphatic heterocycles. The maximum Gasteiger partial charge on any atom is 0.231 e. The second-order valence-electron chi connectivity index (χ2n) is 5.57. The molecule has 1 aromatic heterocycles. The summed E-state index contributed by atoms with van der Waals surface area (Å²) in [4.78, 5) is 0. The SMILES string of the molecule is COc1cc2c[n+](Cc3cc4c(cc3Br)OCO4)ccc2cc1O. The number of pyridine rings is 1. The molecule has 0 atom stereocenters. The van der Waals surface area contributed by atoms with E-state index < -0.39 is 0 Å². The molecule has 0 bridgehead atoms. The number of benzene rings is 2. The summed E-state index contributed by atoms with van der Waals surface area (Å²) in [5.74, 6) is 2.13. The summed E-state index contributed by atoms with van der Waals surface area (Å²) in [5, 5.41) is 11.8. The van der Waals surface area contributed by atoms with Crippen LogP contribution in [0.1, 0.15) is 5.56 Å². The number of aromatic hydroxyl groups is 1. The maximum absolute atomic E-state index is 9.88. The number of ether oxygens (including phenoxy) is 3. The highest BCUT2D eigenvalue weighted by Gasteiger charge is 2.18. The van der Waals surface area contributed by atoms with Crippen molar-refractivity contribution in [3.63, 3.8) is 0 Å². The molecule has 5 nitrogen and oxygen atoms in total. The van der Waals surface area contributed by atoms with Crippen molar-refractivity contribution in [2.45, 2.75) is 6.54 Å².